The van der Waals surface area contributed by atoms with Crippen molar-refractivity contribution in [3.8, 4) is 11.5 Å². The molecule has 0 aliphatic heterocycles. The third-order valence-corrected chi connectivity index (χ3v) is 2.41. The highest BCUT2D eigenvalue weighted by atomic mass is 16.5. The van der Waals surface area contributed by atoms with Gasteiger partial charge in [-0.05, 0) is 6.07 Å². The largest absolute Gasteiger partial charge is 0.493 e. The van der Waals surface area contributed by atoms with Gasteiger partial charge in [0.05, 0.1) is 26.2 Å². The molecule has 1 atom stereocenters. The average molecular weight is 239 g/mol. The molecule has 94 valence electrons. The van der Waals surface area contributed by atoms with E-state index < -0.39 is 11.8 Å². The van der Waals surface area contributed by atoms with Gasteiger partial charge in [0, 0.05) is 5.56 Å². The van der Waals surface area contributed by atoms with Gasteiger partial charge in [-0.3, -0.25) is 4.79 Å². The second-order valence-electron chi connectivity index (χ2n) is 3.72. The number of nitrogens with two attached hydrogens (primary N) is 1. The van der Waals surface area contributed by atoms with E-state index in [1.807, 2.05) is 0 Å². The number of amides is 1. The van der Waals surface area contributed by atoms with Gasteiger partial charge in [-0.1, -0.05) is 19.1 Å². The minimum atomic E-state index is -0.426. The van der Waals surface area contributed by atoms with Gasteiger partial charge < -0.3 is 20.3 Å². The molecule has 0 heterocycles. The van der Waals surface area contributed by atoms with Gasteiger partial charge in [0.15, 0.2) is 11.5 Å². The second kappa shape index (κ2) is 6.10. The van der Waals surface area contributed by atoms with Crippen molar-refractivity contribution >= 4 is 5.91 Å². The Labute approximate surface area is 100 Å². The molecule has 0 bridgehead atoms. The van der Waals surface area contributed by atoms with Gasteiger partial charge in [0.25, 0.3) is 0 Å². The number of aliphatic hydroxyl groups is 1. The van der Waals surface area contributed by atoms with Crippen molar-refractivity contribution < 1.29 is 19.4 Å². The van der Waals surface area contributed by atoms with Crippen molar-refractivity contribution in [1.29, 1.82) is 0 Å². The number of hydrogen-bond donors (Lipinski definition) is 2. The van der Waals surface area contributed by atoms with Crippen LogP contribution in [0, 0.1) is 5.92 Å². The van der Waals surface area contributed by atoms with Crippen molar-refractivity contribution in [3.05, 3.63) is 23.8 Å². The van der Waals surface area contributed by atoms with Crippen LogP contribution in [0.4, 0.5) is 0 Å². The van der Waals surface area contributed by atoms with E-state index in [9.17, 15) is 9.90 Å². The highest BCUT2D eigenvalue weighted by molar-refractivity contribution is 5.76. The number of carbonyl (C=O) groups excluding carboxylic acids is 1. The zero-order chi connectivity index (χ0) is 12.8. The van der Waals surface area contributed by atoms with Crippen LogP contribution in [0.3, 0.4) is 0 Å². The lowest BCUT2D eigenvalue weighted by atomic mass is 10.1. The summed E-state index contributed by atoms with van der Waals surface area (Å²) in [6, 6.07) is 5.21. The van der Waals surface area contributed by atoms with Crippen molar-refractivity contribution in [2.75, 3.05) is 13.7 Å². The molecular formula is C12H17NO4. The first kappa shape index (κ1) is 13.3. The van der Waals surface area contributed by atoms with Crippen LogP contribution < -0.4 is 15.2 Å². The molecule has 17 heavy (non-hydrogen) atoms. The van der Waals surface area contributed by atoms with Crippen LogP contribution in [-0.4, -0.2) is 24.7 Å². The van der Waals surface area contributed by atoms with Gasteiger partial charge >= 0.3 is 0 Å². The standard InChI is InChI=1S/C12H17NO4/c1-8(12(13)15)7-17-11-9(6-14)4-3-5-10(11)16-2/h3-5,8,14H,6-7H2,1-2H3,(H2,13,15). The first-order chi connectivity index (χ1) is 8.10. The minimum Gasteiger partial charge on any atom is -0.493 e. The number of primary amides is 1. The molecule has 0 spiro atoms. The van der Waals surface area contributed by atoms with Gasteiger partial charge in [0.2, 0.25) is 5.91 Å². The Hall–Kier alpha value is -1.75. The predicted molar refractivity (Wildman–Crippen MR) is 62.8 cm³/mol. The number of para-hydroxylation sites is 1. The Kier molecular flexibility index (Phi) is 4.78. The highest BCUT2D eigenvalue weighted by Crippen LogP contribution is 2.31. The summed E-state index contributed by atoms with van der Waals surface area (Å²) in [6.07, 6.45) is 0. The molecule has 1 aromatic carbocycles. The van der Waals surface area contributed by atoms with Crippen molar-refractivity contribution in [3.63, 3.8) is 0 Å². The van der Waals surface area contributed by atoms with E-state index >= 15 is 0 Å². The topological polar surface area (TPSA) is 81.8 Å². The van der Waals surface area contributed by atoms with Crippen LogP contribution in [-0.2, 0) is 11.4 Å². The summed E-state index contributed by atoms with van der Waals surface area (Å²) in [4.78, 5) is 10.9. The Morgan fingerprint density at radius 2 is 2.24 bits per heavy atom. The quantitative estimate of drug-likeness (QED) is 0.765. The zero-order valence-corrected chi connectivity index (χ0v) is 9.97. The Balaban J connectivity index is 2.84. The average Bonchev–Trinajstić information content (AvgIpc) is 2.34. The van der Waals surface area contributed by atoms with Crippen LogP contribution in [0.2, 0.25) is 0 Å². The fraction of sp³-hybridized carbons (Fsp3) is 0.417. The summed E-state index contributed by atoms with van der Waals surface area (Å²) in [6.45, 7) is 1.68. The van der Waals surface area contributed by atoms with E-state index in [1.54, 1.807) is 25.1 Å². The number of methoxy groups -OCH3 is 1. The summed E-state index contributed by atoms with van der Waals surface area (Å²) in [5, 5.41) is 9.19. The fourth-order valence-corrected chi connectivity index (χ4v) is 1.30. The molecule has 3 N–H and O–H groups in total. The molecule has 5 heteroatoms. The number of aliphatic hydroxyl groups excluding tert-OH is 1. The highest BCUT2D eigenvalue weighted by Gasteiger charge is 2.14. The Morgan fingerprint density at radius 3 is 2.76 bits per heavy atom. The molecule has 1 rings (SSSR count). The van der Waals surface area contributed by atoms with Crippen molar-refractivity contribution in [1.82, 2.24) is 0 Å². The SMILES string of the molecule is COc1cccc(CO)c1OCC(C)C(N)=O. The lowest BCUT2D eigenvalue weighted by Gasteiger charge is -2.15. The van der Waals surface area contributed by atoms with Gasteiger partial charge in [0.1, 0.15) is 0 Å². The number of hydrogen-bond acceptors (Lipinski definition) is 4. The smallest absolute Gasteiger partial charge is 0.223 e. The van der Waals surface area contributed by atoms with Crippen LogP contribution in [0.5, 0.6) is 11.5 Å². The van der Waals surface area contributed by atoms with Crippen molar-refractivity contribution in [2.45, 2.75) is 13.5 Å². The van der Waals surface area contributed by atoms with E-state index in [0.717, 1.165) is 0 Å². The molecule has 0 aromatic heterocycles. The van der Waals surface area contributed by atoms with E-state index in [-0.39, 0.29) is 13.2 Å². The molecule has 0 radical (unpaired) electrons. The monoisotopic (exact) mass is 239 g/mol. The van der Waals surface area contributed by atoms with Crippen molar-refractivity contribution in [2.24, 2.45) is 11.7 Å². The number of rotatable bonds is 6. The molecule has 0 aliphatic carbocycles. The summed E-state index contributed by atoms with van der Waals surface area (Å²) in [7, 11) is 1.51. The zero-order valence-electron chi connectivity index (χ0n) is 9.97. The molecule has 0 fully saturated rings. The maximum atomic E-state index is 10.9. The predicted octanol–water partition coefficient (Wildman–Crippen LogP) is 0.688. The maximum absolute atomic E-state index is 10.9. The number of ether oxygens (including phenoxy) is 2. The summed E-state index contributed by atoms with van der Waals surface area (Å²) < 4.78 is 10.6. The first-order valence-electron chi connectivity index (χ1n) is 5.29. The summed E-state index contributed by atoms with van der Waals surface area (Å²) >= 11 is 0. The van der Waals surface area contributed by atoms with Crippen LogP contribution in [0.1, 0.15) is 12.5 Å². The minimum absolute atomic E-state index is 0.155. The fourth-order valence-electron chi connectivity index (χ4n) is 1.30. The van der Waals surface area contributed by atoms with E-state index in [0.29, 0.717) is 17.1 Å². The molecule has 1 aromatic rings. The lowest BCUT2D eigenvalue weighted by Crippen LogP contribution is -2.26. The van der Waals surface area contributed by atoms with Crippen LogP contribution >= 0.6 is 0 Å². The molecule has 0 saturated carbocycles. The normalized spacial score (nSPS) is 11.9. The van der Waals surface area contributed by atoms with Crippen LogP contribution in [0.25, 0.3) is 0 Å². The Bertz CT molecular complexity index is 370. The van der Waals surface area contributed by atoms with E-state index in [1.165, 1.54) is 7.11 Å². The summed E-state index contributed by atoms with van der Waals surface area (Å²) in [5.41, 5.74) is 5.75. The molecule has 5 nitrogen and oxygen atoms in total. The first-order valence-corrected chi connectivity index (χ1v) is 5.29. The molecular weight excluding hydrogens is 222 g/mol. The molecule has 0 aliphatic rings. The molecule has 0 saturated heterocycles. The number of carbonyl (C=O) groups is 1. The molecule has 1 amide bonds. The third-order valence-electron chi connectivity index (χ3n) is 2.41. The lowest BCUT2D eigenvalue weighted by molar-refractivity contribution is -0.122. The number of benzene rings is 1. The molecule has 1 unspecified atom stereocenters. The van der Waals surface area contributed by atoms with Gasteiger partial charge in [-0.25, -0.2) is 0 Å². The second-order valence-corrected chi connectivity index (χ2v) is 3.72. The van der Waals surface area contributed by atoms with Gasteiger partial charge in [-0.15, -0.1) is 0 Å². The van der Waals surface area contributed by atoms with Crippen LogP contribution in [0.15, 0.2) is 18.2 Å². The van der Waals surface area contributed by atoms with E-state index in [4.69, 9.17) is 15.2 Å². The van der Waals surface area contributed by atoms with E-state index in [2.05, 4.69) is 0 Å². The Morgan fingerprint density at radius 1 is 1.53 bits per heavy atom. The maximum Gasteiger partial charge on any atom is 0.223 e. The van der Waals surface area contributed by atoms with Gasteiger partial charge in [-0.2, -0.15) is 0 Å². The summed E-state index contributed by atoms with van der Waals surface area (Å²) in [5.74, 6) is 0.149. The third kappa shape index (κ3) is 3.35.